The van der Waals surface area contributed by atoms with Gasteiger partial charge in [0.1, 0.15) is 4.71 Å². The molecule has 2 nitrogen and oxygen atoms in total. The van der Waals surface area contributed by atoms with Crippen LogP contribution in [0.1, 0.15) is 0 Å². The SMILES string of the molecule is CNN1C=CSC1S. The van der Waals surface area contributed by atoms with Gasteiger partial charge in [0.15, 0.2) is 0 Å². The van der Waals surface area contributed by atoms with Gasteiger partial charge in [0.25, 0.3) is 0 Å². The number of rotatable bonds is 1. The predicted octanol–water partition coefficient (Wildman–Crippen LogP) is 0.854. The third kappa shape index (κ3) is 1.13. The molecule has 46 valence electrons. The lowest BCUT2D eigenvalue weighted by Gasteiger charge is -2.17. The third-order valence-electron chi connectivity index (χ3n) is 0.918. The summed E-state index contributed by atoms with van der Waals surface area (Å²) in [4.78, 5) is 0. The smallest absolute Gasteiger partial charge is 0.137 e. The highest BCUT2D eigenvalue weighted by Crippen LogP contribution is 2.24. The maximum Gasteiger partial charge on any atom is 0.137 e. The first-order chi connectivity index (χ1) is 3.84. The number of nitrogens with one attached hydrogen (secondary N) is 1. The van der Waals surface area contributed by atoms with Crippen LogP contribution in [-0.4, -0.2) is 16.8 Å². The summed E-state index contributed by atoms with van der Waals surface area (Å²) in [7, 11) is 1.87. The first-order valence-electron chi connectivity index (χ1n) is 2.30. The summed E-state index contributed by atoms with van der Waals surface area (Å²) >= 11 is 5.91. The number of hydrazine groups is 1. The molecule has 0 aromatic heterocycles. The second-order valence-corrected chi connectivity index (χ2v) is 3.21. The molecule has 0 aromatic rings. The van der Waals surface area contributed by atoms with E-state index in [2.05, 4.69) is 18.1 Å². The van der Waals surface area contributed by atoms with Gasteiger partial charge in [-0.1, -0.05) is 11.8 Å². The summed E-state index contributed by atoms with van der Waals surface area (Å²) in [5.41, 5.74) is 2.96. The van der Waals surface area contributed by atoms with Gasteiger partial charge in [0.05, 0.1) is 0 Å². The standard InChI is InChI=1S/C4H8N2S2/c1-5-6-2-3-8-4(6)7/h2-5,7H,1H3. The Morgan fingerprint density at radius 3 is 2.88 bits per heavy atom. The average Bonchev–Trinajstić information content (AvgIpc) is 2.14. The van der Waals surface area contributed by atoms with Gasteiger partial charge in [-0.15, -0.1) is 12.6 Å². The van der Waals surface area contributed by atoms with E-state index in [1.54, 1.807) is 11.8 Å². The molecule has 0 saturated heterocycles. The van der Waals surface area contributed by atoms with E-state index in [0.29, 0.717) is 0 Å². The molecule has 0 radical (unpaired) electrons. The summed E-state index contributed by atoms with van der Waals surface area (Å²) in [6, 6.07) is 0. The zero-order chi connectivity index (χ0) is 5.98. The van der Waals surface area contributed by atoms with Crippen LogP contribution in [0.3, 0.4) is 0 Å². The highest BCUT2D eigenvalue weighted by Gasteiger charge is 2.12. The number of nitrogens with zero attached hydrogens (tertiary/aromatic N) is 1. The molecule has 1 N–H and O–H groups in total. The molecule has 0 bridgehead atoms. The molecule has 4 heteroatoms. The molecule has 8 heavy (non-hydrogen) atoms. The van der Waals surface area contributed by atoms with E-state index in [0.717, 1.165) is 0 Å². The number of thiol groups is 1. The van der Waals surface area contributed by atoms with Crippen LogP contribution in [-0.2, 0) is 0 Å². The molecule has 0 spiro atoms. The second kappa shape index (κ2) is 2.66. The van der Waals surface area contributed by atoms with E-state index < -0.39 is 0 Å². The molecular formula is C4H8N2S2. The molecule has 0 aliphatic carbocycles. The Morgan fingerprint density at radius 1 is 1.88 bits per heavy atom. The number of hydrogen-bond donors (Lipinski definition) is 2. The van der Waals surface area contributed by atoms with Crippen molar-refractivity contribution in [2.24, 2.45) is 0 Å². The maximum atomic E-state index is 4.23. The molecule has 0 saturated carbocycles. The van der Waals surface area contributed by atoms with E-state index in [9.17, 15) is 0 Å². The summed E-state index contributed by atoms with van der Waals surface area (Å²) in [5, 5.41) is 3.93. The largest absolute Gasteiger partial charge is 0.292 e. The van der Waals surface area contributed by atoms with Gasteiger partial charge in [-0.2, -0.15) is 0 Å². The molecule has 0 aromatic carbocycles. The van der Waals surface area contributed by atoms with Crippen LogP contribution in [0.25, 0.3) is 0 Å². The normalized spacial score (nSPS) is 27.2. The first-order valence-corrected chi connectivity index (χ1v) is 3.76. The van der Waals surface area contributed by atoms with Gasteiger partial charge in [-0.05, 0) is 5.41 Å². The lowest BCUT2D eigenvalue weighted by atomic mass is 10.9. The zero-order valence-corrected chi connectivity index (χ0v) is 6.25. The highest BCUT2D eigenvalue weighted by atomic mass is 32.2. The van der Waals surface area contributed by atoms with Gasteiger partial charge in [0, 0.05) is 13.2 Å². The highest BCUT2D eigenvalue weighted by molar-refractivity contribution is 8.12. The third-order valence-corrected chi connectivity index (χ3v) is 2.28. The molecule has 1 aliphatic heterocycles. The molecule has 1 unspecified atom stereocenters. The lowest BCUT2D eigenvalue weighted by Crippen LogP contribution is -2.31. The van der Waals surface area contributed by atoms with Crippen molar-refractivity contribution in [1.29, 1.82) is 0 Å². The van der Waals surface area contributed by atoms with Gasteiger partial charge >= 0.3 is 0 Å². The van der Waals surface area contributed by atoms with Crippen molar-refractivity contribution in [3.8, 4) is 0 Å². The van der Waals surface area contributed by atoms with Crippen molar-refractivity contribution in [2.75, 3.05) is 7.05 Å². The van der Waals surface area contributed by atoms with E-state index in [1.807, 2.05) is 23.7 Å². The summed E-state index contributed by atoms with van der Waals surface area (Å²) in [5.74, 6) is 0. The minimum atomic E-state index is 0.250. The molecule has 1 aliphatic rings. The average molecular weight is 148 g/mol. The number of thioether (sulfide) groups is 1. The van der Waals surface area contributed by atoms with E-state index in [-0.39, 0.29) is 4.71 Å². The summed E-state index contributed by atoms with van der Waals surface area (Å²) in [6.45, 7) is 0. The Labute approximate surface area is 58.7 Å². The van der Waals surface area contributed by atoms with E-state index in [1.165, 1.54) is 0 Å². The fraction of sp³-hybridized carbons (Fsp3) is 0.500. The van der Waals surface area contributed by atoms with Gasteiger partial charge in [-0.25, -0.2) is 5.43 Å². The molecule has 1 atom stereocenters. The summed E-state index contributed by atoms with van der Waals surface area (Å²) < 4.78 is 0.250. The van der Waals surface area contributed by atoms with Crippen molar-refractivity contribution in [3.63, 3.8) is 0 Å². The minimum Gasteiger partial charge on any atom is -0.292 e. The van der Waals surface area contributed by atoms with Crippen LogP contribution >= 0.6 is 24.4 Å². The molecule has 1 rings (SSSR count). The molecule has 1 heterocycles. The fourth-order valence-electron chi connectivity index (χ4n) is 0.495. The summed E-state index contributed by atoms with van der Waals surface area (Å²) in [6.07, 6.45) is 1.96. The molecule has 0 fully saturated rings. The molecule has 0 amide bonds. The number of hydrogen-bond acceptors (Lipinski definition) is 4. The van der Waals surface area contributed by atoms with Crippen molar-refractivity contribution < 1.29 is 0 Å². The monoisotopic (exact) mass is 148 g/mol. The van der Waals surface area contributed by atoms with Crippen molar-refractivity contribution >= 4 is 24.4 Å². The Kier molecular flexibility index (Phi) is 2.10. The van der Waals surface area contributed by atoms with Crippen LogP contribution in [0.4, 0.5) is 0 Å². The molecular weight excluding hydrogens is 140 g/mol. The maximum absolute atomic E-state index is 4.23. The fourth-order valence-corrected chi connectivity index (χ4v) is 1.55. The van der Waals surface area contributed by atoms with Crippen molar-refractivity contribution in [2.45, 2.75) is 4.71 Å². The van der Waals surface area contributed by atoms with E-state index in [4.69, 9.17) is 0 Å². The minimum absolute atomic E-state index is 0.250. The second-order valence-electron chi connectivity index (χ2n) is 1.38. The Hall–Kier alpha value is 0.200. The topological polar surface area (TPSA) is 15.3 Å². The lowest BCUT2D eigenvalue weighted by molar-refractivity contribution is 0.340. The quantitative estimate of drug-likeness (QED) is 0.536. The zero-order valence-electron chi connectivity index (χ0n) is 4.53. The Morgan fingerprint density at radius 2 is 2.62 bits per heavy atom. The Balaban J connectivity index is 2.41. The first kappa shape index (κ1) is 6.32. The van der Waals surface area contributed by atoms with Crippen molar-refractivity contribution in [3.05, 3.63) is 11.6 Å². The van der Waals surface area contributed by atoms with Crippen LogP contribution < -0.4 is 5.43 Å². The van der Waals surface area contributed by atoms with Gasteiger partial charge in [-0.3, -0.25) is 5.01 Å². The van der Waals surface area contributed by atoms with Crippen LogP contribution in [0.15, 0.2) is 11.6 Å². The van der Waals surface area contributed by atoms with Crippen LogP contribution in [0.2, 0.25) is 0 Å². The van der Waals surface area contributed by atoms with Crippen LogP contribution in [0, 0.1) is 0 Å². The van der Waals surface area contributed by atoms with Crippen LogP contribution in [0.5, 0.6) is 0 Å². The predicted molar refractivity (Wildman–Crippen MR) is 40.4 cm³/mol. The van der Waals surface area contributed by atoms with Gasteiger partial charge < -0.3 is 0 Å². The van der Waals surface area contributed by atoms with E-state index >= 15 is 0 Å². The van der Waals surface area contributed by atoms with Crippen molar-refractivity contribution in [1.82, 2.24) is 10.4 Å². The Bertz CT molecular complexity index is 104. The van der Waals surface area contributed by atoms with Gasteiger partial charge in [0.2, 0.25) is 0 Å².